The molecule has 0 heterocycles. The molecule has 0 aliphatic rings. The van der Waals surface area contributed by atoms with Gasteiger partial charge in [0, 0.05) is 32.3 Å². The van der Waals surface area contributed by atoms with E-state index in [0.29, 0.717) is 30.5 Å². The van der Waals surface area contributed by atoms with Crippen LogP contribution in [0.2, 0.25) is 0 Å². The predicted molar refractivity (Wildman–Crippen MR) is 74.9 cm³/mol. The lowest BCUT2D eigenvalue weighted by molar-refractivity contribution is -0.385. The van der Waals surface area contributed by atoms with Crippen molar-refractivity contribution < 1.29 is 15.1 Å². The summed E-state index contributed by atoms with van der Waals surface area (Å²) >= 11 is 3.14. The Morgan fingerprint density at radius 2 is 2.00 bits per heavy atom. The van der Waals surface area contributed by atoms with E-state index in [1.54, 1.807) is 12.1 Å². The Morgan fingerprint density at radius 1 is 1.26 bits per heavy atom. The Bertz CT molecular complexity index is 428. The molecule has 0 saturated carbocycles. The fourth-order valence-corrected chi connectivity index (χ4v) is 2.15. The highest BCUT2D eigenvalue weighted by atomic mass is 79.9. The molecule has 19 heavy (non-hydrogen) atoms. The second-order valence-electron chi connectivity index (χ2n) is 4.12. The zero-order chi connectivity index (χ0) is 14.3. The van der Waals surface area contributed by atoms with E-state index in [2.05, 4.69) is 15.9 Å². The summed E-state index contributed by atoms with van der Waals surface area (Å²) in [4.78, 5) is 12.4. The number of nitro benzene ring substituents is 1. The van der Waals surface area contributed by atoms with Crippen molar-refractivity contribution in [3.63, 3.8) is 0 Å². The van der Waals surface area contributed by atoms with Gasteiger partial charge in [-0.2, -0.15) is 0 Å². The molecule has 0 aliphatic carbocycles. The molecular formula is C12H17BrN2O4. The number of benzene rings is 1. The van der Waals surface area contributed by atoms with Crippen LogP contribution in [0.4, 0.5) is 5.69 Å². The van der Waals surface area contributed by atoms with Crippen molar-refractivity contribution in [3.8, 4) is 0 Å². The van der Waals surface area contributed by atoms with Crippen LogP contribution in [0, 0.1) is 10.1 Å². The number of aliphatic hydroxyl groups excluding tert-OH is 2. The Hall–Kier alpha value is -1.02. The molecule has 1 aromatic rings. The van der Waals surface area contributed by atoms with Gasteiger partial charge in [-0.05, 0) is 34.0 Å². The van der Waals surface area contributed by atoms with E-state index in [4.69, 9.17) is 10.2 Å². The molecule has 0 aromatic heterocycles. The summed E-state index contributed by atoms with van der Waals surface area (Å²) < 4.78 is 0.449. The van der Waals surface area contributed by atoms with Crippen molar-refractivity contribution in [1.82, 2.24) is 4.90 Å². The van der Waals surface area contributed by atoms with E-state index in [1.807, 2.05) is 4.90 Å². The Labute approximate surface area is 119 Å². The lowest BCUT2D eigenvalue weighted by Crippen LogP contribution is -2.28. The van der Waals surface area contributed by atoms with Crippen LogP contribution in [-0.2, 0) is 6.54 Å². The smallest absolute Gasteiger partial charge is 0.283 e. The van der Waals surface area contributed by atoms with Gasteiger partial charge in [0.1, 0.15) is 0 Å². The van der Waals surface area contributed by atoms with Gasteiger partial charge >= 0.3 is 0 Å². The molecule has 0 bridgehead atoms. The average molecular weight is 333 g/mol. The third kappa shape index (κ3) is 5.23. The van der Waals surface area contributed by atoms with Crippen LogP contribution in [0.15, 0.2) is 22.7 Å². The van der Waals surface area contributed by atoms with Gasteiger partial charge in [0.25, 0.3) is 5.69 Å². The maximum absolute atomic E-state index is 10.8. The van der Waals surface area contributed by atoms with Crippen LogP contribution in [0.1, 0.15) is 12.0 Å². The summed E-state index contributed by atoms with van der Waals surface area (Å²) in [5, 5.41) is 28.6. The second kappa shape index (κ2) is 8.21. The van der Waals surface area contributed by atoms with Crippen LogP contribution in [0.5, 0.6) is 0 Å². The minimum Gasteiger partial charge on any atom is -0.396 e. The standard InChI is InChI=1S/C12H17BrN2O4/c13-11-3-2-10(8-12(11)15(18)19)9-14(5-7-17)4-1-6-16/h2-3,8,16-17H,1,4-7,9H2. The summed E-state index contributed by atoms with van der Waals surface area (Å²) in [5.74, 6) is 0. The number of rotatable bonds is 8. The molecule has 1 rings (SSSR count). The largest absolute Gasteiger partial charge is 0.396 e. The maximum atomic E-state index is 10.8. The zero-order valence-electron chi connectivity index (χ0n) is 10.5. The molecular weight excluding hydrogens is 316 g/mol. The van der Waals surface area contributed by atoms with Gasteiger partial charge in [-0.25, -0.2) is 0 Å². The molecule has 0 atom stereocenters. The number of halogens is 1. The van der Waals surface area contributed by atoms with Crippen molar-refractivity contribution in [2.24, 2.45) is 0 Å². The SMILES string of the molecule is O=[N+]([O-])c1cc(CN(CCO)CCCO)ccc1Br. The lowest BCUT2D eigenvalue weighted by atomic mass is 10.2. The van der Waals surface area contributed by atoms with Gasteiger partial charge in [0.15, 0.2) is 0 Å². The molecule has 0 saturated heterocycles. The Kier molecular flexibility index (Phi) is 6.93. The first-order chi connectivity index (χ1) is 9.08. The highest BCUT2D eigenvalue weighted by Crippen LogP contribution is 2.26. The minimum atomic E-state index is -0.433. The summed E-state index contributed by atoms with van der Waals surface area (Å²) in [6.45, 7) is 1.73. The fourth-order valence-electron chi connectivity index (χ4n) is 1.76. The second-order valence-corrected chi connectivity index (χ2v) is 4.97. The van der Waals surface area contributed by atoms with Gasteiger partial charge in [-0.3, -0.25) is 15.0 Å². The molecule has 106 valence electrons. The normalized spacial score (nSPS) is 10.9. The quantitative estimate of drug-likeness (QED) is 0.557. The molecule has 0 spiro atoms. The van der Waals surface area contributed by atoms with Crippen molar-refractivity contribution in [3.05, 3.63) is 38.3 Å². The number of nitro groups is 1. The van der Waals surface area contributed by atoms with Crippen molar-refractivity contribution in [2.75, 3.05) is 26.3 Å². The lowest BCUT2D eigenvalue weighted by Gasteiger charge is -2.20. The number of aliphatic hydroxyl groups is 2. The molecule has 0 unspecified atom stereocenters. The first-order valence-electron chi connectivity index (χ1n) is 5.95. The number of nitrogens with zero attached hydrogens (tertiary/aromatic N) is 2. The first-order valence-corrected chi connectivity index (χ1v) is 6.74. The van der Waals surface area contributed by atoms with Gasteiger partial charge in [0.05, 0.1) is 16.0 Å². The molecule has 6 nitrogen and oxygen atoms in total. The predicted octanol–water partition coefficient (Wildman–Crippen LogP) is 1.53. The third-order valence-electron chi connectivity index (χ3n) is 2.66. The van der Waals surface area contributed by atoms with Crippen LogP contribution >= 0.6 is 15.9 Å². The fraction of sp³-hybridized carbons (Fsp3) is 0.500. The van der Waals surface area contributed by atoms with E-state index < -0.39 is 4.92 Å². The Balaban J connectivity index is 2.78. The highest BCUT2D eigenvalue weighted by molar-refractivity contribution is 9.10. The van der Waals surface area contributed by atoms with E-state index in [1.165, 1.54) is 6.07 Å². The van der Waals surface area contributed by atoms with Gasteiger partial charge in [-0.1, -0.05) is 6.07 Å². The van der Waals surface area contributed by atoms with E-state index in [9.17, 15) is 10.1 Å². The molecule has 7 heteroatoms. The van der Waals surface area contributed by atoms with E-state index >= 15 is 0 Å². The average Bonchev–Trinajstić information content (AvgIpc) is 2.38. The topological polar surface area (TPSA) is 86.8 Å². The summed E-state index contributed by atoms with van der Waals surface area (Å²) in [7, 11) is 0. The number of hydrogen-bond donors (Lipinski definition) is 2. The van der Waals surface area contributed by atoms with E-state index in [0.717, 1.165) is 5.56 Å². The Morgan fingerprint density at radius 3 is 2.58 bits per heavy atom. The zero-order valence-corrected chi connectivity index (χ0v) is 12.0. The van der Waals surface area contributed by atoms with Gasteiger partial charge in [0.2, 0.25) is 0 Å². The van der Waals surface area contributed by atoms with Crippen molar-refractivity contribution in [1.29, 1.82) is 0 Å². The summed E-state index contributed by atoms with van der Waals surface area (Å²) in [5.41, 5.74) is 0.838. The summed E-state index contributed by atoms with van der Waals surface area (Å²) in [6.07, 6.45) is 0.610. The molecule has 1 aromatic carbocycles. The third-order valence-corrected chi connectivity index (χ3v) is 3.33. The molecule has 0 fully saturated rings. The van der Waals surface area contributed by atoms with Gasteiger partial charge < -0.3 is 10.2 Å². The van der Waals surface area contributed by atoms with Crippen LogP contribution in [-0.4, -0.2) is 46.3 Å². The van der Waals surface area contributed by atoms with Crippen LogP contribution in [0.3, 0.4) is 0 Å². The summed E-state index contributed by atoms with van der Waals surface area (Å²) in [6, 6.07) is 4.98. The highest BCUT2D eigenvalue weighted by Gasteiger charge is 2.13. The maximum Gasteiger partial charge on any atom is 0.283 e. The first kappa shape index (κ1) is 16.0. The molecule has 0 amide bonds. The molecule has 0 radical (unpaired) electrons. The van der Waals surface area contributed by atoms with Gasteiger partial charge in [-0.15, -0.1) is 0 Å². The number of hydrogen-bond acceptors (Lipinski definition) is 5. The van der Waals surface area contributed by atoms with E-state index in [-0.39, 0.29) is 18.9 Å². The van der Waals surface area contributed by atoms with Crippen LogP contribution < -0.4 is 0 Å². The molecule has 0 aliphatic heterocycles. The molecule has 2 N–H and O–H groups in total. The van der Waals surface area contributed by atoms with Crippen molar-refractivity contribution >= 4 is 21.6 Å². The monoisotopic (exact) mass is 332 g/mol. The minimum absolute atomic E-state index is 0.0179. The van der Waals surface area contributed by atoms with Crippen LogP contribution in [0.25, 0.3) is 0 Å². The van der Waals surface area contributed by atoms with Crippen molar-refractivity contribution in [2.45, 2.75) is 13.0 Å².